The third-order valence-electron chi connectivity index (χ3n) is 2.92. The summed E-state index contributed by atoms with van der Waals surface area (Å²) in [6.07, 6.45) is 5.50. The Hall–Kier alpha value is -0.840. The van der Waals surface area contributed by atoms with Crippen LogP contribution in [0.5, 0.6) is 0 Å². The van der Waals surface area contributed by atoms with E-state index < -0.39 is 0 Å². The molecule has 0 aromatic heterocycles. The highest BCUT2D eigenvalue weighted by atomic mass is 16.7. The molecule has 76 valence electrons. The maximum atomic E-state index is 5.17. The summed E-state index contributed by atoms with van der Waals surface area (Å²) in [5.41, 5.74) is 5.84. The van der Waals surface area contributed by atoms with E-state index in [1.54, 1.807) is 0 Å². The second kappa shape index (κ2) is 3.38. The fourth-order valence-corrected chi connectivity index (χ4v) is 1.97. The molecule has 3 N–H and O–H groups in total. The number of hydroxylamine groups is 1. The Morgan fingerprint density at radius 1 is 1.36 bits per heavy atom. The van der Waals surface area contributed by atoms with Gasteiger partial charge in [0.25, 0.3) is 0 Å². The third kappa shape index (κ3) is 1.56. The van der Waals surface area contributed by atoms with Crippen molar-refractivity contribution in [1.29, 1.82) is 0 Å². The minimum atomic E-state index is 0.407. The lowest BCUT2D eigenvalue weighted by Crippen LogP contribution is -2.30. The molecular formula is C10H15N3O. The van der Waals surface area contributed by atoms with E-state index in [2.05, 4.69) is 28.4 Å². The SMILES string of the molecule is C1=C(C2CN2)C=C(C2CCON2)CN1. The first-order valence-electron chi connectivity index (χ1n) is 5.18. The van der Waals surface area contributed by atoms with E-state index in [1.807, 2.05) is 0 Å². The molecule has 0 aliphatic carbocycles. The van der Waals surface area contributed by atoms with Crippen molar-refractivity contribution in [2.24, 2.45) is 0 Å². The van der Waals surface area contributed by atoms with Gasteiger partial charge in [-0.1, -0.05) is 6.08 Å². The van der Waals surface area contributed by atoms with Crippen LogP contribution in [0, 0.1) is 0 Å². The van der Waals surface area contributed by atoms with Gasteiger partial charge in [-0.05, 0) is 17.6 Å². The topological polar surface area (TPSA) is 55.2 Å². The van der Waals surface area contributed by atoms with Crippen LogP contribution in [0.2, 0.25) is 0 Å². The third-order valence-corrected chi connectivity index (χ3v) is 2.92. The highest BCUT2D eigenvalue weighted by molar-refractivity contribution is 5.37. The molecule has 3 heterocycles. The Kier molecular flexibility index (Phi) is 2.05. The summed E-state index contributed by atoms with van der Waals surface area (Å²) in [6, 6.07) is 0.991. The molecule has 0 spiro atoms. The second-order valence-corrected chi connectivity index (χ2v) is 4.01. The standard InChI is InChI=1S/C10H15N3O/c1-2-14-13-9(1)7-3-8(5-11-4-7)10-6-12-10/h3,5,9-13H,1-2,4,6H2. The van der Waals surface area contributed by atoms with Crippen molar-refractivity contribution in [3.8, 4) is 0 Å². The fraction of sp³-hybridized carbons (Fsp3) is 0.600. The molecule has 0 aromatic carbocycles. The van der Waals surface area contributed by atoms with Crippen molar-refractivity contribution in [3.63, 3.8) is 0 Å². The quantitative estimate of drug-likeness (QED) is 0.525. The largest absolute Gasteiger partial charge is 0.387 e. The molecule has 0 radical (unpaired) electrons. The van der Waals surface area contributed by atoms with E-state index in [4.69, 9.17) is 4.84 Å². The molecule has 0 bridgehead atoms. The molecular weight excluding hydrogens is 178 g/mol. The highest BCUT2D eigenvalue weighted by Gasteiger charge is 2.27. The van der Waals surface area contributed by atoms with Crippen molar-refractivity contribution in [2.75, 3.05) is 19.7 Å². The average molecular weight is 193 g/mol. The van der Waals surface area contributed by atoms with E-state index in [0.29, 0.717) is 12.1 Å². The van der Waals surface area contributed by atoms with E-state index >= 15 is 0 Å². The molecule has 14 heavy (non-hydrogen) atoms. The number of rotatable bonds is 2. The average Bonchev–Trinajstić information content (AvgIpc) is 2.94. The monoisotopic (exact) mass is 193 g/mol. The van der Waals surface area contributed by atoms with Crippen LogP contribution in [-0.4, -0.2) is 31.8 Å². The van der Waals surface area contributed by atoms with Gasteiger partial charge in [0.2, 0.25) is 0 Å². The summed E-state index contributed by atoms with van der Waals surface area (Å²) in [7, 11) is 0. The second-order valence-electron chi connectivity index (χ2n) is 4.01. The van der Waals surface area contributed by atoms with Crippen LogP contribution in [0.25, 0.3) is 0 Å². The smallest absolute Gasteiger partial charge is 0.0701 e. The molecule has 3 rings (SSSR count). The molecule has 0 saturated carbocycles. The van der Waals surface area contributed by atoms with Gasteiger partial charge in [0, 0.05) is 25.3 Å². The molecule has 2 fully saturated rings. The van der Waals surface area contributed by atoms with Gasteiger partial charge in [-0.2, -0.15) is 5.48 Å². The van der Waals surface area contributed by atoms with E-state index in [0.717, 1.165) is 26.1 Å². The van der Waals surface area contributed by atoms with Crippen LogP contribution in [-0.2, 0) is 4.84 Å². The van der Waals surface area contributed by atoms with Gasteiger partial charge in [0.15, 0.2) is 0 Å². The van der Waals surface area contributed by atoms with E-state index in [1.165, 1.54) is 11.1 Å². The maximum Gasteiger partial charge on any atom is 0.0701 e. The molecule has 2 unspecified atom stereocenters. The minimum absolute atomic E-state index is 0.407. The predicted octanol–water partition coefficient (Wildman–Crippen LogP) is -0.335. The molecule has 0 amide bonds. The van der Waals surface area contributed by atoms with Crippen LogP contribution >= 0.6 is 0 Å². The lowest BCUT2D eigenvalue weighted by Gasteiger charge is -2.19. The normalized spacial score (nSPS) is 36.0. The van der Waals surface area contributed by atoms with Crippen LogP contribution in [0.3, 0.4) is 0 Å². The van der Waals surface area contributed by atoms with Crippen LogP contribution < -0.4 is 16.1 Å². The zero-order valence-electron chi connectivity index (χ0n) is 8.05. The van der Waals surface area contributed by atoms with Gasteiger partial charge in [-0.3, -0.25) is 0 Å². The Morgan fingerprint density at radius 3 is 3.00 bits per heavy atom. The van der Waals surface area contributed by atoms with E-state index in [-0.39, 0.29) is 0 Å². The van der Waals surface area contributed by atoms with Crippen LogP contribution in [0.4, 0.5) is 0 Å². The fourth-order valence-electron chi connectivity index (χ4n) is 1.97. The molecule has 4 heteroatoms. The highest BCUT2D eigenvalue weighted by Crippen LogP contribution is 2.20. The number of hydrogen-bond donors (Lipinski definition) is 3. The molecule has 0 aromatic rings. The summed E-state index contributed by atoms with van der Waals surface area (Å²) in [5, 5.41) is 6.63. The Bertz CT molecular complexity index is 288. The van der Waals surface area contributed by atoms with Crippen LogP contribution in [0.15, 0.2) is 23.4 Å². The molecule has 3 aliphatic rings. The maximum absolute atomic E-state index is 5.17. The Balaban J connectivity index is 1.74. The number of dihydropyridines is 1. The zero-order chi connectivity index (χ0) is 9.38. The van der Waals surface area contributed by atoms with Crippen molar-refractivity contribution < 1.29 is 4.84 Å². The van der Waals surface area contributed by atoms with Gasteiger partial charge < -0.3 is 15.5 Å². The van der Waals surface area contributed by atoms with Crippen molar-refractivity contribution in [3.05, 3.63) is 23.4 Å². The Labute approximate surface area is 83.3 Å². The summed E-state index contributed by atoms with van der Waals surface area (Å²) >= 11 is 0. The van der Waals surface area contributed by atoms with Gasteiger partial charge in [0.05, 0.1) is 12.6 Å². The summed E-state index contributed by atoms with van der Waals surface area (Å²) in [6.45, 7) is 2.88. The number of nitrogens with one attached hydrogen (secondary N) is 3. The predicted molar refractivity (Wildman–Crippen MR) is 53.5 cm³/mol. The van der Waals surface area contributed by atoms with E-state index in [9.17, 15) is 0 Å². The lowest BCUT2D eigenvalue weighted by atomic mass is 9.99. The van der Waals surface area contributed by atoms with Crippen molar-refractivity contribution in [1.82, 2.24) is 16.1 Å². The van der Waals surface area contributed by atoms with Crippen LogP contribution in [0.1, 0.15) is 6.42 Å². The summed E-state index contributed by atoms with van der Waals surface area (Å²) in [4.78, 5) is 5.17. The first kappa shape index (κ1) is 8.47. The number of hydrogen-bond acceptors (Lipinski definition) is 4. The molecule has 4 nitrogen and oxygen atoms in total. The van der Waals surface area contributed by atoms with Gasteiger partial charge >= 0.3 is 0 Å². The zero-order valence-corrected chi connectivity index (χ0v) is 8.05. The molecule has 2 atom stereocenters. The lowest BCUT2D eigenvalue weighted by molar-refractivity contribution is 0.0927. The van der Waals surface area contributed by atoms with Crippen molar-refractivity contribution >= 4 is 0 Å². The van der Waals surface area contributed by atoms with Crippen molar-refractivity contribution in [2.45, 2.75) is 18.5 Å². The van der Waals surface area contributed by atoms with Gasteiger partial charge in [-0.15, -0.1) is 0 Å². The van der Waals surface area contributed by atoms with Gasteiger partial charge in [0.1, 0.15) is 0 Å². The first-order valence-corrected chi connectivity index (χ1v) is 5.18. The molecule has 3 aliphatic heterocycles. The Morgan fingerprint density at radius 2 is 2.29 bits per heavy atom. The molecule has 2 saturated heterocycles. The summed E-state index contributed by atoms with van der Waals surface area (Å²) in [5.74, 6) is 0. The van der Waals surface area contributed by atoms with Gasteiger partial charge in [-0.25, -0.2) is 0 Å². The first-order chi connectivity index (χ1) is 6.93. The minimum Gasteiger partial charge on any atom is -0.387 e. The summed E-state index contributed by atoms with van der Waals surface area (Å²) < 4.78 is 0.